The quantitative estimate of drug-likeness (QED) is 0.725. The number of hydrogen-bond acceptors (Lipinski definition) is 3. The van der Waals surface area contributed by atoms with Crippen molar-refractivity contribution in [1.29, 1.82) is 0 Å². The lowest BCUT2D eigenvalue weighted by atomic mass is 10.0. The summed E-state index contributed by atoms with van der Waals surface area (Å²) in [5.41, 5.74) is 3.36. The van der Waals surface area contributed by atoms with E-state index in [4.69, 9.17) is 16.3 Å². The zero-order valence-corrected chi connectivity index (χ0v) is 14.8. The second-order valence-electron chi connectivity index (χ2n) is 6.08. The second-order valence-corrected chi connectivity index (χ2v) is 6.52. The summed E-state index contributed by atoms with van der Waals surface area (Å²) < 4.78 is 20.4. The van der Waals surface area contributed by atoms with Crippen molar-refractivity contribution in [3.05, 3.63) is 81.9 Å². The molecule has 0 amide bonds. The molecule has 27 heavy (non-hydrogen) atoms. The number of carboxylic acid groups (broad SMARTS) is 1. The Labute approximate surface area is 159 Å². The van der Waals surface area contributed by atoms with Gasteiger partial charge < -0.3 is 9.84 Å². The SMILES string of the molecule is O=C(O)c1nn(-c2ccc(Cl)cc2)c2c1COC/C2=C\c1ccc(F)cc1. The molecule has 1 aromatic heterocycles. The predicted molar refractivity (Wildman–Crippen MR) is 99.5 cm³/mol. The van der Waals surface area contributed by atoms with E-state index in [-0.39, 0.29) is 18.1 Å². The number of ether oxygens (including phenoxy) is 1. The van der Waals surface area contributed by atoms with E-state index >= 15 is 0 Å². The molecule has 0 spiro atoms. The molecule has 0 bridgehead atoms. The van der Waals surface area contributed by atoms with Crippen molar-refractivity contribution in [2.45, 2.75) is 6.61 Å². The van der Waals surface area contributed by atoms with Gasteiger partial charge in [-0.3, -0.25) is 0 Å². The molecular weight excluding hydrogens is 371 g/mol. The Balaban J connectivity index is 1.90. The van der Waals surface area contributed by atoms with Crippen LogP contribution in [0.1, 0.15) is 27.3 Å². The number of halogens is 2. The number of hydrogen-bond donors (Lipinski definition) is 1. The van der Waals surface area contributed by atoms with E-state index in [9.17, 15) is 14.3 Å². The number of fused-ring (bicyclic) bond motifs is 1. The third-order valence-corrected chi connectivity index (χ3v) is 4.53. The lowest BCUT2D eigenvalue weighted by molar-refractivity contribution is 0.0683. The van der Waals surface area contributed by atoms with Crippen molar-refractivity contribution < 1.29 is 19.0 Å². The fraction of sp³-hybridized carbons (Fsp3) is 0.100. The first kappa shape index (κ1) is 17.5. The first-order valence-corrected chi connectivity index (χ1v) is 8.56. The highest BCUT2D eigenvalue weighted by atomic mass is 35.5. The molecule has 136 valence electrons. The van der Waals surface area contributed by atoms with Gasteiger partial charge in [0, 0.05) is 16.2 Å². The third kappa shape index (κ3) is 3.37. The molecule has 4 rings (SSSR count). The highest BCUT2D eigenvalue weighted by Crippen LogP contribution is 2.32. The lowest BCUT2D eigenvalue weighted by Gasteiger charge is -2.19. The monoisotopic (exact) mass is 384 g/mol. The fourth-order valence-corrected chi connectivity index (χ4v) is 3.19. The second kappa shape index (κ2) is 6.98. The molecular formula is C20H14ClFN2O3. The van der Waals surface area contributed by atoms with E-state index in [2.05, 4.69) is 5.10 Å². The molecule has 2 heterocycles. The summed E-state index contributed by atoms with van der Waals surface area (Å²) in [4.78, 5) is 11.7. The average Bonchev–Trinajstić information content (AvgIpc) is 3.05. The third-order valence-electron chi connectivity index (χ3n) is 4.28. The Kier molecular flexibility index (Phi) is 4.51. The van der Waals surface area contributed by atoms with Gasteiger partial charge in [-0.05, 0) is 48.0 Å². The minimum absolute atomic E-state index is 0.0512. The van der Waals surface area contributed by atoms with Gasteiger partial charge in [-0.2, -0.15) is 5.10 Å². The number of aromatic nitrogens is 2. The zero-order chi connectivity index (χ0) is 19.0. The van der Waals surface area contributed by atoms with E-state index in [1.54, 1.807) is 41.1 Å². The number of carboxylic acids is 1. The molecule has 1 aliphatic rings. The van der Waals surface area contributed by atoms with E-state index < -0.39 is 5.97 Å². The maximum absolute atomic E-state index is 13.2. The Hall–Kier alpha value is -2.96. The van der Waals surface area contributed by atoms with Crippen LogP contribution in [0.15, 0.2) is 48.5 Å². The smallest absolute Gasteiger partial charge is 0.356 e. The highest BCUT2D eigenvalue weighted by molar-refractivity contribution is 6.30. The van der Waals surface area contributed by atoms with Crippen LogP contribution in [0.2, 0.25) is 5.02 Å². The van der Waals surface area contributed by atoms with Crippen LogP contribution in [-0.4, -0.2) is 27.5 Å². The molecule has 0 aliphatic carbocycles. The van der Waals surface area contributed by atoms with E-state index in [1.807, 2.05) is 6.08 Å². The highest BCUT2D eigenvalue weighted by Gasteiger charge is 2.28. The van der Waals surface area contributed by atoms with Gasteiger partial charge in [0.05, 0.1) is 24.6 Å². The van der Waals surface area contributed by atoms with Crippen LogP contribution in [0, 0.1) is 5.82 Å². The minimum Gasteiger partial charge on any atom is -0.476 e. The maximum atomic E-state index is 13.2. The number of benzene rings is 2. The molecule has 7 heteroatoms. The topological polar surface area (TPSA) is 64.3 Å². The molecule has 0 unspecified atom stereocenters. The molecule has 1 aliphatic heterocycles. The van der Waals surface area contributed by atoms with Gasteiger partial charge in [-0.15, -0.1) is 0 Å². The van der Waals surface area contributed by atoms with Gasteiger partial charge in [0.1, 0.15) is 5.82 Å². The number of rotatable bonds is 3. The van der Waals surface area contributed by atoms with Crippen LogP contribution in [0.3, 0.4) is 0 Å². The zero-order valence-electron chi connectivity index (χ0n) is 14.0. The normalized spacial score (nSPS) is 15.0. The van der Waals surface area contributed by atoms with Crippen molar-refractivity contribution in [2.24, 2.45) is 0 Å². The van der Waals surface area contributed by atoms with Crippen LogP contribution in [0.25, 0.3) is 17.3 Å². The van der Waals surface area contributed by atoms with Crippen LogP contribution >= 0.6 is 11.6 Å². The summed E-state index contributed by atoms with van der Waals surface area (Å²) in [5, 5.41) is 14.4. The maximum Gasteiger partial charge on any atom is 0.356 e. The van der Waals surface area contributed by atoms with Crippen LogP contribution in [0.4, 0.5) is 4.39 Å². The standard InChI is InChI=1S/C20H14ClFN2O3/c21-14-3-7-16(8-4-14)24-19-13(9-12-1-5-15(22)6-2-12)10-27-11-17(19)18(23-24)20(25)26/h1-9H,10-11H2,(H,25,26)/b13-9+. The Morgan fingerprint density at radius 2 is 1.85 bits per heavy atom. The van der Waals surface area contributed by atoms with Gasteiger partial charge in [0.15, 0.2) is 5.69 Å². The number of carbonyl (C=O) groups is 1. The van der Waals surface area contributed by atoms with Crippen LogP contribution in [-0.2, 0) is 11.3 Å². The van der Waals surface area contributed by atoms with Gasteiger partial charge in [-0.25, -0.2) is 13.9 Å². The molecule has 0 atom stereocenters. The van der Waals surface area contributed by atoms with Crippen molar-refractivity contribution in [2.75, 3.05) is 6.61 Å². The van der Waals surface area contributed by atoms with Crippen molar-refractivity contribution in [1.82, 2.24) is 9.78 Å². The van der Waals surface area contributed by atoms with Gasteiger partial charge in [0.25, 0.3) is 0 Å². The molecule has 0 saturated carbocycles. The summed E-state index contributed by atoms with van der Waals surface area (Å²) >= 11 is 5.96. The number of aromatic carboxylic acids is 1. The molecule has 3 aromatic rings. The Morgan fingerprint density at radius 1 is 1.15 bits per heavy atom. The van der Waals surface area contributed by atoms with Crippen LogP contribution in [0.5, 0.6) is 0 Å². The predicted octanol–water partition coefficient (Wildman–Crippen LogP) is 4.43. The first-order chi connectivity index (χ1) is 13.0. The van der Waals surface area contributed by atoms with E-state index in [0.717, 1.165) is 11.1 Å². The molecule has 0 saturated heterocycles. The molecule has 0 radical (unpaired) electrons. The Morgan fingerprint density at radius 3 is 2.52 bits per heavy atom. The van der Waals surface area contributed by atoms with Gasteiger partial charge >= 0.3 is 5.97 Å². The first-order valence-electron chi connectivity index (χ1n) is 8.18. The lowest BCUT2D eigenvalue weighted by Crippen LogP contribution is -2.13. The molecule has 1 N–H and O–H groups in total. The molecule has 0 fully saturated rings. The Bertz CT molecular complexity index is 1040. The van der Waals surface area contributed by atoms with Crippen molar-refractivity contribution >= 4 is 29.2 Å². The van der Waals surface area contributed by atoms with E-state index in [0.29, 0.717) is 28.6 Å². The summed E-state index contributed by atoms with van der Waals surface area (Å²) in [6.45, 7) is 0.452. The van der Waals surface area contributed by atoms with Crippen molar-refractivity contribution in [3.8, 4) is 5.69 Å². The van der Waals surface area contributed by atoms with Gasteiger partial charge in [0.2, 0.25) is 0 Å². The summed E-state index contributed by atoms with van der Waals surface area (Å²) in [7, 11) is 0. The summed E-state index contributed by atoms with van der Waals surface area (Å²) in [6, 6.07) is 13.0. The summed E-state index contributed by atoms with van der Waals surface area (Å²) in [5.74, 6) is -1.44. The molecule has 5 nitrogen and oxygen atoms in total. The largest absolute Gasteiger partial charge is 0.476 e. The molecule has 2 aromatic carbocycles. The van der Waals surface area contributed by atoms with Crippen molar-refractivity contribution in [3.63, 3.8) is 0 Å². The van der Waals surface area contributed by atoms with Crippen LogP contribution < -0.4 is 0 Å². The average molecular weight is 385 g/mol. The number of nitrogens with zero attached hydrogens (tertiary/aromatic N) is 2. The van der Waals surface area contributed by atoms with E-state index in [1.165, 1.54) is 12.1 Å². The fourth-order valence-electron chi connectivity index (χ4n) is 3.06. The van der Waals surface area contributed by atoms with Gasteiger partial charge in [-0.1, -0.05) is 23.7 Å². The minimum atomic E-state index is -1.12. The summed E-state index contributed by atoms with van der Waals surface area (Å²) in [6.07, 6.45) is 1.84.